The van der Waals surface area contributed by atoms with Gasteiger partial charge in [0.2, 0.25) is 11.8 Å². The van der Waals surface area contributed by atoms with Gasteiger partial charge in [0.1, 0.15) is 0 Å². The smallest absolute Gasteiger partial charge is 0.238 e. The molecule has 3 rings (SSSR count). The Morgan fingerprint density at radius 2 is 1.93 bits per heavy atom. The van der Waals surface area contributed by atoms with Crippen LogP contribution in [0.15, 0.2) is 24.3 Å². The molecule has 7 nitrogen and oxygen atoms in total. The van der Waals surface area contributed by atoms with Gasteiger partial charge in [0.25, 0.3) is 0 Å². The summed E-state index contributed by atoms with van der Waals surface area (Å²) in [6.07, 6.45) is 1.68. The monoisotopic (exact) mass is 369 g/mol. The minimum Gasteiger partial charge on any atom is -0.369 e. The summed E-state index contributed by atoms with van der Waals surface area (Å²) in [7, 11) is 0. The number of likely N-dealkylation sites (tertiary alicyclic amines) is 1. The van der Waals surface area contributed by atoms with E-state index < -0.39 is 0 Å². The Balaban J connectivity index is 1.69. The van der Waals surface area contributed by atoms with Gasteiger partial charge < -0.3 is 11.1 Å². The summed E-state index contributed by atoms with van der Waals surface area (Å²) >= 11 is 0. The van der Waals surface area contributed by atoms with Crippen molar-refractivity contribution >= 4 is 17.5 Å². The summed E-state index contributed by atoms with van der Waals surface area (Å²) in [5, 5.41) is 7.56. The highest BCUT2D eigenvalue weighted by Crippen LogP contribution is 2.23. The number of nitrogens with one attached hydrogen (secondary N) is 1. The number of piperidine rings is 1. The fraction of sp³-hybridized carbons (Fsp3) is 0.450. The van der Waals surface area contributed by atoms with E-state index in [1.54, 1.807) is 0 Å². The van der Waals surface area contributed by atoms with E-state index in [0.29, 0.717) is 6.54 Å². The second-order valence-corrected chi connectivity index (χ2v) is 7.32. The lowest BCUT2D eigenvalue weighted by atomic mass is 9.97. The van der Waals surface area contributed by atoms with Gasteiger partial charge in [0.05, 0.1) is 35.2 Å². The van der Waals surface area contributed by atoms with Crippen molar-refractivity contribution in [1.82, 2.24) is 14.7 Å². The number of carbonyl (C=O) groups is 2. The number of benzene rings is 1. The maximum absolute atomic E-state index is 12.5. The second-order valence-electron chi connectivity index (χ2n) is 7.32. The number of amides is 2. The van der Waals surface area contributed by atoms with E-state index >= 15 is 0 Å². The molecule has 1 saturated heterocycles. The molecule has 0 saturated carbocycles. The van der Waals surface area contributed by atoms with Gasteiger partial charge in [-0.3, -0.25) is 14.5 Å². The van der Waals surface area contributed by atoms with E-state index in [1.165, 1.54) is 5.56 Å². The number of hydrogen-bond donors (Lipinski definition) is 2. The highest BCUT2D eigenvalue weighted by Gasteiger charge is 2.25. The molecule has 3 N–H and O–H groups in total. The van der Waals surface area contributed by atoms with Crippen molar-refractivity contribution in [3.8, 4) is 5.69 Å². The van der Waals surface area contributed by atoms with Crippen molar-refractivity contribution in [3.05, 3.63) is 41.2 Å². The van der Waals surface area contributed by atoms with Crippen LogP contribution >= 0.6 is 0 Å². The number of anilines is 1. The molecule has 0 aliphatic carbocycles. The zero-order chi connectivity index (χ0) is 19.6. The van der Waals surface area contributed by atoms with Gasteiger partial charge in [-0.25, -0.2) is 4.68 Å². The first-order valence-corrected chi connectivity index (χ1v) is 9.30. The normalized spacial score (nSPS) is 17.7. The lowest BCUT2D eigenvalue weighted by Crippen LogP contribution is -2.44. The molecule has 1 aromatic carbocycles. The molecule has 2 aromatic rings. The highest BCUT2D eigenvalue weighted by molar-refractivity contribution is 5.93. The molecule has 0 unspecified atom stereocenters. The first-order valence-electron chi connectivity index (χ1n) is 9.30. The third-order valence-electron chi connectivity index (χ3n) is 5.11. The topological polar surface area (TPSA) is 93.2 Å². The highest BCUT2D eigenvalue weighted by atomic mass is 16.2. The summed E-state index contributed by atoms with van der Waals surface area (Å²) in [6, 6.07) is 8.10. The van der Waals surface area contributed by atoms with Crippen LogP contribution in [0.3, 0.4) is 0 Å². The van der Waals surface area contributed by atoms with E-state index in [9.17, 15) is 9.59 Å². The lowest BCUT2D eigenvalue weighted by molar-refractivity contribution is -0.125. The van der Waals surface area contributed by atoms with Crippen LogP contribution in [-0.4, -0.2) is 46.1 Å². The van der Waals surface area contributed by atoms with Crippen molar-refractivity contribution in [1.29, 1.82) is 0 Å². The largest absolute Gasteiger partial charge is 0.369 e. The molecule has 1 atom stereocenters. The summed E-state index contributed by atoms with van der Waals surface area (Å²) in [5.74, 6) is -0.555. The van der Waals surface area contributed by atoms with Crippen molar-refractivity contribution in [3.63, 3.8) is 0 Å². The van der Waals surface area contributed by atoms with Crippen molar-refractivity contribution in [2.24, 2.45) is 11.7 Å². The Labute approximate surface area is 159 Å². The molecule has 1 aliphatic rings. The molecule has 1 aliphatic heterocycles. The number of primary amides is 1. The van der Waals surface area contributed by atoms with Crippen LogP contribution in [0.1, 0.15) is 29.8 Å². The lowest BCUT2D eigenvalue weighted by Gasteiger charge is -2.30. The van der Waals surface area contributed by atoms with Crippen LogP contribution < -0.4 is 11.1 Å². The number of aryl methyl sites for hydroxylation is 2. The van der Waals surface area contributed by atoms with Gasteiger partial charge in [-0.2, -0.15) is 5.10 Å². The van der Waals surface area contributed by atoms with Gasteiger partial charge in [0.15, 0.2) is 0 Å². The fourth-order valence-electron chi connectivity index (χ4n) is 3.57. The Bertz CT molecular complexity index is 841. The van der Waals surface area contributed by atoms with Gasteiger partial charge >= 0.3 is 0 Å². The molecular weight excluding hydrogens is 342 g/mol. The van der Waals surface area contributed by atoms with E-state index in [-0.39, 0.29) is 24.3 Å². The van der Waals surface area contributed by atoms with Crippen LogP contribution in [0.2, 0.25) is 0 Å². The van der Waals surface area contributed by atoms with Crippen LogP contribution in [-0.2, 0) is 9.59 Å². The summed E-state index contributed by atoms with van der Waals surface area (Å²) in [6.45, 7) is 7.47. The SMILES string of the molecule is Cc1ccc(-n2nc(C)c(NC(=O)CN3CCC[C@@H](C(N)=O)C3)c2C)cc1. The van der Waals surface area contributed by atoms with Gasteiger partial charge in [-0.15, -0.1) is 0 Å². The molecular formula is C20H27N5O2. The second kappa shape index (κ2) is 7.92. The average molecular weight is 369 g/mol. The molecule has 0 spiro atoms. The summed E-state index contributed by atoms with van der Waals surface area (Å²) in [4.78, 5) is 25.9. The molecule has 27 heavy (non-hydrogen) atoms. The Morgan fingerprint density at radius 1 is 1.22 bits per heavy atom. The number of nitrogens with two attached hydrogens (primary N) is 1. The minimum absolute atomic E-state index is 0.102. The van der Waals surface area contributed by atoms with Gasteiger partial charge in [-0.05, 0) is 52.3 Å². The van der Waals surface area contributed by atoms with Crippen molar-refractivity contribution in [2.75, 3.05) is 25.0 Å². The maximum atomic E-state index is 12.5. The van der Waals surface area contributed by atoms with Crippen molar-refractivity contribution < 1.29 is 9.59 Å². The number of nitrogens with zero attached hydrogens (tertiary/aromatic N) is 3. The molecule has 144 valence electrons. The molecule has 0 radical (unpaired) electrons. The van der Waals surface area contributed by atoms with Crippen LogP contribution in [0, 0.1) is 26.7 Å². The maximum Gasteiger partial charge on any atom is 0.238 e. The summed E-state index contributed by atoms with van der Waals surface area (Å²) < 4.78 is 1.84. The predicted octanol–water partition coefficient (Wildman–Crippen LogP) is 1.93. The van der Waals surface area contributed by atoms with Crippen molar-refractivity contribution in [2.45, 2.75) is 33.6 Å². The average Bonchev–Trinajstić information content (AvgIpc) is 2.91. The van der Waals surface area contributed by atoms with Gasteiger partial charge in [-0.1, -0.05) is 17.7 Å². The van der Waals surface area contributed by atoms with Gasteiger partial charge in [0, 0.05) is 6.54 Å². The van der Waals surface area contributed by atoms with E-state index in [0.717, 1.165) is 42.1 Å². The quantitative estimate of drug-likeness (QED) is 0.842. The number of rotatable bonds is 5. The third kappa shape index (κ3) is 4.36. The minimum atomic E-state index is -0.286. The Kier molecular flexibility index (Phi) is 5.60. The molecule has 2 heterocycles. The zero-order valence-electron chi connectivity index (χ0n) is 16.2. The molecule has 1 fully saturated rings. The summed E-state index contributed by atoms with van der Waals surface area (Å²) in [5.41, 5.74) is 9.96. The first kappa shape index (κ1) is 19.1. The zero-order valence-corrected chi connectivity index (χ0v) is 16.2. The van der Waals surface area contributed by atoms with E-state index in [1.807, 2.05) is 54.6 Å². The number of carbonyl (C=O) groups excluding carboxylic acids is 2. The van der Waals surface area contributed by atoms with E-state index in [4.69, 9.17) is 5.73 Å². The molecule has 0 bridgehead atoms. The van der Waals surface area contributed by atoms with E-state index in [2.05, 4.69) is 10.4 Å². The first-order chi connectivity index (χ1) is 12.8. The van der Waals surface area contributed by atoms with Crippen LogP contribution in [0.5, 0.6) is 0 Å². The molecule has 1 aromatic heterocycles. The molecule has 2 amide bonds. The Morgan fingerprint density at radius 3 is 2.59 bits per heavy atom. The Hall–Kier alpha value is -2.67. The molecule has 7 heteroatoms. The third-order valence-corrected chi connectivity index (χ3v) is 5.11. The standard InChI is InChI=1S/C20H27N5O2/c1-13-6-8-17(9-7-13)25-15(3)19(14(2)23-25)22-18(26)12-24-10-4-5-16(11-24)20(21)27/h6-9,16H,4-5,10-12H2,1-3H3,(H2,21,27)(H,22,26)/t16-/m1/s1. The fourth-order valence-corrected chi connectivity index (χ4v) is 3.57. The number of aromatic nitrogens is 2. The predicted molar refractivity (Wildman–Crippen MR) is 105 cm³/mol. The van der Waals surface area contributed by atoms with Crippen LogP contribution in [0.4, 0.5) is 5.69 Å². The van der Waals surface area contributed by atoms with Crippen LogP contribution in [0.25, 0.3) is 5.69 Å². The number of hydrogen-bond acceptors (Lipinski definition) is 4.